The normalized spacial score (nSPS) is 9.75. The number of methoxy groups -OCH3 is 2. The second-order valence-corrected chi connectivity index (χ2v) is 3.91. The molecule has 16 heavy (non-hydrogen) atoms. The summed E-state index contributed by atoms with van der Waals surface area (Å²) < 4.78 is 11.0. The van der Waals surface area contributed by atoms with Crippen LogP contribution in [-0.4, -0.2) is 26.7 Å². The molecule has 0 aliphatic heterocycles. The first-order valence-corrected chi connectivity index (χ1v) is 5.63. The van der Waals surface area contributed by atoms with Crippen molar-refractivity contribution >= 4 is 21.8 Å². The number of halogens is 1. The quantitative estimate of drug-likeness (QED) is 0.924. The Morgan fingerprint density at radius 2 is 2.06 bits per heavy atom. The van der Waals surface area contributed by atoms with E-state index in [4.69, 9.17) is 9.47 Å². The van der Waals surface area contributed by atoms with Crippen molar-refractivity contribution in [3.05, 3.63) is 22.2 Å². The number of rotatable bonds is 4. The fourth-order valence-electron chi connectivity index (χ4n) is 1.31. The molecule has 1 amide bonds. The van der Waals surface area contributed by atoms with Gasteiger partial charge in [0, 0.05) is 12.1 Å². The zero-order valence-electron chi connectivity index (χ0n) is 9.46. The highest BCUT2D eigenvalue weighted by Crippen LogP contribution is 2.36. The number of benzene rings is 1. The first kappa shape index (κ1) is 12.8. The van der Waals surface area contributed by atoms with E-state index >= 15 is 0 Å². The molecule has 0 unspecified atom stereocenters. The second-order valence-electron chi connectivity index (χ2n) is 3.05. The summed E-state index contributed by atoms with van der Waals surface area (Å²) in [6.07, 6.45) is 0. The first-order valence-electron chi connectivity index (χ1n) is 4.83. The van der Waals surface area contributed by atoms with Crippen LogP contribution >= 0.6 is 15.9 Å². The Morgan fingerprint density at radius 3 is 2.56 bits per heavy atom. The van der Waals surface area contributed by atoms with E-state index in [9.17, 15) is 4.79 Å². The molecule has 1 rings (SSSR count). The van der Waals surface area contributed by atoms with E-state index in [2.05, 4.69) is 21.2 Å². The van der Waals surface area contributed by atoms with E-state index in [0.717, 1.165) is 0 Å². The molecule has 0 aliphatic rings. The Labute approximate surface area is 103 Å². The number of hydrogen-bond acceptors (Lipinski definition) is 3. The van der Waals surface area contributed by atoms with Crippen molar-refractivity contribution in [2.45, 2.75) is 6.92 Å². The molecule has 0 aromatic heterocycles. The summed E-state index contributed by atoms with van der Waals surface area (Å²) in [6, 6.07) is 3.35. The fraction of sp³-hybridized carbons (Fsp3) is 0.364. The lowest BCUT2D eigenvalue weighted by atomic mass is 10.2. The van der Waals surface area contributed by atoms with Gasteiger partial charge in [0.05, 0.1) is 18.7 Å². The number of hydrogen-bond donors (Lipinski definition) is 1. The maximum absolute atomic E-state index is 11.6. The lowest BCUT2D eigenvalue weighted by Gasteiger charge is -2.11. The molecule has 0 saturated heterocycles. The van der Waals surface area contributed by atoms with Gasteiger partial charge < -0.3 is 14.8 Å². The third-order valence-corrected chi connectivity index (χ3v) is 2.62. The van der Waals surface area contributed by atoms with Gasteiger partial charge in [-0.25, -0.2) is 0 Å². The maximum atomic E-state index is 11.6. The Balaban J connectivity index is 3.15. The predicted octanol–water partition coefficient (Wildman–Crippen LogP) is 2.22. The zero-order chi connectivity index (χ0) is 12.1. The molecule has 0 fully saturated rings. The average molecular weight is 288 g/mol. The van der Waals surface area contributed by atoms with Crippen molar-refractivity contribution in [3.8, 4) is 11.5 Å². The first-order chi connectivity index (χ1) is 7.63. The molecular formula is C11H14BrNO3. The molecule has 1 N–H and O–H groups in total. The second kappa shape index (κ2) is 5.75. The minimum absolute atomic E-state index is 0.135. The van der Waals surface area contributed by atoms with E-state index in [-0.39, 0.29) is 5.91 Å². The van der Waals surface area contributed by atoms with Gasteiger partial charge in [0.15, 0.2) is 11.5 Å². The molecular weight excluding hydrogens is 274 g/mol. The molecule has 0 radical (unpaired) electrons. The Hall–Kier alpha value is -1.23. The SMILES string of the molecule is CCNC(=O)c1cc(Br)c(OC)c(OC)c1. The summed E-state index contributed by atoms with van der Waals surface area (Å²) in [5.41, 5.74) is 0.534. The van der Waals surface area contributed by atoms with E-state index < -0.39 is 0 Å². The molecule has 4 nitrogen and oxygen atoms in total. The van der Waals surface area contributed by atoms with E-state index in [1.807, 2.05) is 6.92 Å². The summed E-state index contributed by atoms with van der Waals surface area (Å²) in [5, 5.41) is 2.72. The number of nitrogens with one attached hydrogen (secondary N) is 1. The summed E-state index contributed by atoms with van der Waals surface area (Å²) in [6.45, 7) is 2.46. The van der Waals surface area contributed by atoms with Gasteiger partial charge in [-0.15, -0.1) is 0 Å². The topological polar surface area (TPSA) is 47.6 Å². The predicted molar refractivity (Wildman–Crippen MR) is 65.3 cm³/mol. The van der Waals surface area contributed by atoms with Gasteiger partial charge in [-0.05, 0) is 35.0 Å². The van der Waals surface area contributed by atoms with Gasteiger partial charge in [0.25, 0.3) is 5.91 Å². The van der Waals surface area contributed by atoms with Crippen molar-refractivity contribution < 1.29 is 14.3 Å². The molecule has 1 aromatic carbocycles. The molecule has 0 heterocycles. The summed E-state index contributed by atoms with van der Waals surface area (Å²) >= 11 is 3.33. The smallest absolute Gasteiger partial charge is 0.251 e. The molecule has 1 aromatic rings. The molecule has 0 saturated carbocycles. The van der Waals surface area contributed by atoms with Crippen LogP contribution in [0, 0.1) is 0 Å². The molecule has 5 heteroatoms. The zero-order valence-corrected chi connectivity index (χ0v) is 11.1. The van der Waals surface area contributed by atoms with Gasteiger partial charge in [0.1, 0.15) is 0 Å². The monoisotopic (exact) mass is 287 g/mol. The van der Waals surface area contributed by atoms with Crippen LogP contribution in [0.15, 0.2) is 16.6 Å². The lowest BCUT2D eigenvalue weighted by molar-refractivity contribution is 0.0955. The van der Waals surface area contributed by atoms with Crippen LogP contribution in [0.5, 0.6) is 11.5 Å². The van der Waals surface area contributed by atoms with Crippen molar-refractivity contribution in [3.63, 3.8) is 0 Å². The average Bonchev–Trinajstić information content (AvgIpc) is 2.28. The largest absolute Gasteiger partial charge is 0.493 e. The number of carbonyl (C=O) groups is 1. The van der Waals surface area contributed by atoms with Gasteiger partial charge in [0.2, 0.25) is 0 Å². The highest BCUT2D eigenvalue weighted by Gasteiger charge is 2.14. The highest BCUT2D eigenvalue weighted by molar-refractivity contribution is 9.10. The van der Waals surface area contributed by atoms with Gasteiger partial charge >= 0.3 is 0 Å². The number of amides is 1. The fourth-order valence-corrected chi connectivity index (χ4v) is 1.92. The van der Waals surface area contributed by atoms with Gasteiger partial charge in [-0.3, -0.25) is 4.79 Å². The van der Waals surface area contributed by atoms with Crippen molar-refractivity contribution in [1.29, 1.82) is 0 Å². The van der Waals surface area contributed by atoms with Crippen LogP contribution in [0.25, 0.3) is 0 Å². The molecule has 88 valence electrons. The van der Waals surface area contributed by atoms with Crippen LogP contribution < -0.4 is 14.8 Å². The van der Waals surface area contributed by atoms with Crippen molar-refractivity contribution in [2.75, 3.05) is 20.8 Å². The standard InChI is InChI=1S/C11H14BrNO3/c1-4-13-11(14)7-5-8(12)10(16-3)9(6-7)15-2/h5-6H,4H2,1-3H3,(H,13,14). The third kappa shape index (κ3) is 2.66. The Bertz CT molecular complexity index is 393. The minimum atomic E-state index is -0.135. The molecule has 0 atom stereocenters. The van der Waals surface area contributed by atoms with Crippen LogP contribution in [0.3, 0.4) is 0 Å². The Morgan fingerprint density at radius 1 is 1.38 bits per heavy atom. The van der Waals surface area contributed by atoms with Crippen molar-refractivity contribution in [1.82, 2.24) is 5.32 Å². The summed E-state index contributed by atoms with van der Waals surface area (Å²) in [4.78, 5) is 11.6. The van der Waals surface area contributed by atoms with Crippen LogP contribution in [0.1, 0.15) is 17.3 Å². The summed E-state index contributed by atoms with van der Waals surface area (Å²) in [5.74, 6) is 0.970. The minimum Gasteiger partial charge on any atom is -0.493 e. The van der Waals surface area contributed by atoms with Crippen LogP contribution in [0.2, 0.25) is 0 Å². The van der Waals surface area contributed by atoms with E-state index in [1.54, 1.807) is 19.2 Å². The lowest BCUT2D eigenvalue weighted by Crippen LogP contribution is -2.22. The van der Waals surface area contributed by atoms with Crippen LogP contribution in [0.4, 0.5) is 0 Å². The van der Waals surface area contributed by atoms with Crippen LogP contribution in [-0.2, 0) is 0 Å². The molecule has 0 spiro atoms. The van der Waals surface area contributed by atoms with E-state index in [1.165, 1.54) is 7.11 Å². The van der Waals surface area contributed by atoms with Crippen molar-refractivity contribution in [2.24, 2.45) is 0 Å². The third-order valence-electron chi connectivity index (χ3n) is 2.03. The van der Waals surface area contributed by atoms with Gasteiger partial charge in [-0.2, -0.15) is 0 Å². The maximum Gasteiger partial charge on any atom is 0.251 e. The van der Waals surface area contributed by atoms with E-state index in [0.29, 0.717) is 28.1 Å². The molecule has 0 aliphatic carbocycles. The number of ether oxygens (including phenoxy) is 2. The highest BCUT2D eigenvalue weighted by atomic mass is 79.9. The summed E-state index contributed by atoms with van der Waals surface area (Å²) in [7, 11) is 3.08. The molecule has 0 bridgehead atoms. The Kier molecular flexibility index (Phi) is 4.61. The van der Waals surface area contributed by atoms with Gasteiger partial charge in [-0.1, -0.05) is 0 Å². The number of carbonyl (C=O) groups excluding carboxylic acids is 1.